The minimum Gasteiger partial charge on any atom is -0.388 e. The minimum absolute atomic E-state index is 0.120. The van der Waals surface area contributed by atoms with Crippen molar-refractivity contribution in [1.29, 1.82) is 0 Å². The van der Waals surface area contributed by atoms with Gasteiger partial charge in [0, 0.05) is 17.0 Å². The second-order valence-electron chi connectivity index (χ2n) is 4.50. The molecule has 0 heterocycles. The molecule has 0 radical (unpaired) electrons. The van der Waals surface area contributed by atoms with Gasteiger partial charge in [0.15, 0.2) is 0 Å². The molecule has 82 valence electrons. The van der Waals surface area contributed by atoms with E-state index in [9.17, 15) is 5.11 Å². The number of nitrogens with two attached hydrogens (primary N) is 1. The minimum atomic E-state index is -0.490. The average molecular weight is 226 g/mol. The van der Waals surface area contributed by atoms with Crippen molar-refractivity contribution >= 4 is 11.6 Å². The first-order chi connectivity index (χ1) is 7.10. The summed E-state index contributed by atoms with van der Waals surface area (Å²) in [6, 6.07) is 7.38. The van der Waals surface area contributed by atoms with Gasteiger partial charge in [0.2, 0.25) is 0 Å². The third-order valence-corrected chi connectivity index (χ3v) is 3.83. The van der Waals surface area contributed by atoms with Crippen LogP contribution in [-0.2, 0) is 0 Å². The average Bonchev–Trinajstić information content (AvgIpc) is 2.90. The zero-order chi connectivity index (χ0) is 11.1. The van der Waals surface area contributed by atoms with Crippen LogP contribution in [0.4, 0.5) is 0 Å². The van der Waals surface area contributed by atoms with E-state index in [1.807, 2.05) is 24.3 Å². The molecular formula is C12H16ClNO. The van der Waals surface area contributed by atoms with Gasteiger partial charge in [0.1, 0.15) is 0 Å². The van der Waals surface area contributed by atoms with E-state index in [2.05, 4.69) is 6.92 Å². The van der Waals surface area contributed by atoms with Gasteiger partial charge in [-0.05, 0) is 30.0 Å². The lowest BCUT2D eigenvalue weighted by Gasteiger charge is -2.22. The highest BCUT2D eigenvalue weighted by molar-refractivity contribution is 6.30. The van der Waals surface area contributed by atoms with E-state index in [1.165, 1.54) is 0 Å². The lowest BCUT2D eigenvalue weighted by atomic mass is 9.91. The van der Waals surface area contributed by atoms with E-state index in [4.69, 9.17) is 17.3 Å². The van der Waals surface area contributed by atoms with Gasteiger partial charge in [-0.2, -0.15) is 0 Å². The van der Waals surface area contributed by atoms with Crippen LogP contribution in [0.25, 0.3) is 0 Å². The number of benzene rings is 1. The van der Waals surface area contributed by atoms with Crippen LogP contribution in [0.2, 0.25) is 5.02 Å². The van der Waals surface area contributed by atoms with Crippen LogP contribution in [0.15, 0.2) is 24.3 Å². The number of aliphatic hydroxyl groups excluding tert-OH is 1. The highest BCUT2D eigenvalue weighted by Crippen LogP contribution is 2.59. The number of hydrogen-bond donors (Lipinski definition) is 2. The van der Waals surface area contributed by atoms with E-state index in [1.54, 1.807) is 0 Å². The number of aliphatic hydroxyl groups is 1. The molecule has 3 heteroatoms. The molecule has 1 aromatic carbocycles. The summed E-state index contributed by atoms with van der Waals surface area (Å²) in [4.78, 5) is 0. The molecule has 2 rings (SSSR count). The molecule has 1 aliphatic carbocycles. The molecule has 2 nitrogen and oxygen atoms in total. The fourth-order valence-corrected chi connectivity index (χ4v) is 2.50. The van der Waals surface area contributed by atoms with Crippen LogP contribution in [0.1, 0.15) is 25.0 Å². The number of halogens is 1. The molecule has 3 atom stereocenters. The predicted octanol–water partition coefficient (Wildman–Crippen LogP) is 2.36. The topological polar surface area (TPSA) is 46.2 Å². The van der Waals surface area contributed by atoms with Crippen molar-refractivity contribution in [2.75, 3.05) is 6.54 Å². The summed E-state index contributed by atoms with van der Waals surface area (Å²) in [5, 5.41) is 10.9. The van der Waals surface area contributed by atoms with Gasteiger partial charge in [0.05, 0.1) is 6.10 Å². The molecule has 1 aliphatic rings. The van der Waals surface area contributed by atoms with E-state index in [-0.39, 0.29) is 5.41 Å². The summed E-state index contributed by atoms with van der Waals surface area (Å²) in [5.41, 5.74) is 6.49. The van der Waals surface area contributed by atoms with Gasteiger partial charge >= 0.3 is 0 Å². The Morgan fingerprint density at radius 2 is 2.33 bits per heavy atom. The summed E-state index contributed by atoms with van der Waals surface area (Å²) in [7, 11) is 0. The molecule has 0 amide bonds. The van der Waals surface area contributed by atoms with Crippen LogP contribution in [0.5, 0.6) is 0 Å². The van der Waals surface area contributed by atoms with E-state index in [0.717, 1.165) is 12.0 Å². The number of hydrogen-bond acceptors (Lipinski definition) is 2. The monoisotopic (exact) mass is 225 g/mol. The number of rotatable bonds is 3. The largest absolute Gasteiger partial charge is 0.388 e. The summed E-state index contributed by atoms with van der Waals surface area (Å²) >= 11 is 5.90. The Hall–Kier alpha value is -0.570. The third kappa shape index (κ3) is 1.78. The standard InChI is InChI=1S/C12H16ClNO/c1-8-6-12(8,7-14)11(15)9-3-2-4-10(13)5-9/h2-5,8,11,15H,6-7,14H2,1H3/t8-,11+,12+/m1/s1. The van der Waals surface area contributed by atoms with Crippen molar-refractivity contribution in [1.82, 2.24) is 0 Å². The summed E-state index contributed by atoms with van der Waals surface area (Å²) in [6.45, 7) is 2.66. The maximum absolute atomic E-state index is 10.3. The van der Waals surface area contributed by atoms with Crippen LogP contribution in [0, 0.1) is 11.3 Å². The molecular weight excluding hydrogens is 210 g/mol. The fourth-order valence-electron chi connectivity index (χ4n) is 2.30. The molecule has 0 bridgehead atoms. The maximum Gasteiger partial charge on any atom is 0.0861 e. The Kier molecular flexibility index (Phi) is 2.75. The van der Waals surface area contributed by atoms with Crippen LogP contribution >= 0.6 is 11.6 Å². The van der Waals surface area contributed by atoms with Gasteiger partial charge < -0.3 is 10.8 Å². The van der Waals surface area contributed by atoms with Gasteiger partial charge in [-0.1, -0.05) is 30.7 Å². The Bertz CT molecular complexity index is 364. The Balaban J connectivity index is 2.25. The van der Waals surface area contributed by atoms with Crippen molar-refractivity contribution < 1.29 is 5.11 Å². The lowest BCUT2D eigenvalue weighted by Crippen LogP contribution is -2.25. The van der Waals surface area contributed by atoms with Gasteiger partial charge in [-0.15, -0.1) is 0 Å². The molecule has 1 saturated carbocycles. The first-order valence-electron chi connectivity index (χ1n) is 5.24. The molecule has 0 spiro atoms. The van der Waals surface area contributed by atoms with E-state index < -0.39 is 6.10 Å². The van der Waals surface area contributed by atoms with Crippen LogP contribution < -0.4 is 5.73 Å². The van der Waals surface area contributed by atoms with Crippen molar-refractivity contribution in [2.24, 2.45) is 17.1 Å². The Morgan fingerprint density at radius 3 is 2.80 bits per heavy atom. The molecule has 1 aromatic rings. The smallest absolute Gasteiger partial charge is 0.0861 e. The summed E-state index contributed by atoms with van der Waals surface area (Å²) in [6.07, 6.45) is 0.508. The van der Waals surface area contributed by atoms with Crippen molar-refractivity contribution in [3.8, 4) is 0 Å². The van der Waals surface area contributed by atoms with Crippen LogP contribution in [-0.4, -0.2) is 11.7 Å². The molecule has 3 N–H and O–H groups in total. The SMILES string of the molecule is C[C@@H]1C[C@@]1(CN)[C@@H](O)c1cccc(Cl)c1. The van der Waals surface area contributed by atoms with E-state index >= 15 is 0 Å². The first kappa shape index (κ1) is 10.9. The highest BCUT2D eigenvalue weighted by atomic mass is 35.5. The van der Waals surface area contributed by atoms with Gasteiger partial charge in [-0.25, -0.2) is 0 Å². The lowest BCUT2D eigenvalue weighted by molar-refractivity contribution is 0.0889. The zero-order valence-corrected chi connectivity index (χ0v) is 9.54. The van der Waals surface area contributed by atoms with Crippen LogP contribution in [0.3, 0.4) is 0 Å². The highest BCUT2D eigenvalue weighted by Gasteiger charge is 2.55. The Labute approximate surface area is 95.1 Å². The van der Waals surface area contributed by atoms with Crippen molar-refractivity contribution in [3.63, 3.8) is 0 Å². The molecule has 1 fully saturated rings. The molecule has 15 heavy (non-hydrogen) atoms. The summed E-state index contributed by atoms with van der Waals surface area (Å²) < 4.78 is 0. The molecule has 0 aliphatic heterocycles. The predicted molar refractivity (Wildman–Crippen MR) is 61.7 cm³/mol. The normalized spacial score (nSPS) is 31.3. The Morgan fingerprint density at radius 1 is 1.67 bits per heavy atom. The van der Waals surface area contributed by atoms with Gasteiger partial charge in [0.25, 0.3) is 0 Å². The van der Waals surface area contributed by atoms with Crippen molar-refractivity contribution in [2.45, 2.75) is 19.4 Å². The second-order valence-corrected chi connectivity index (χ2v) is 4.94. The third-order valence-electron chi connectivity index (χ3n) is 3.60. The van der Waals surface area contributed by atoms with Gasteiger partial charge in [-0.3, -0.25) is 0 Å². The quantitative estimate of drug-likeness (QED) is 0.830. The summed E-state index contributed by atoms with van der Waals surface area (Å²) in [5.74, 6) is 0.497. The fraction of sp³-hybridized carbons (Fsp3) is 0.500. The maximum atomic E-state index is 10.3. The molecule has 0 unspecified atom stereocenters. The molecule has 0 aromatic heterocycles. The first-order valence-corrected chi connectivity index (χ1v) is 5.61. The molecule has 0 saturated heterocycles. The zero-order valence-electron chi connectivity index (χ0n) is 8.78. The van der Waals surface area contributed by atoms with E-state index in [0.29, 0.717) is 17.5 Å². The van der Waals surface area contributed by atoms with Crippen molar-refractivity contribution in [3.05, 3.63) is 34.9 Å². The second kappa shape index (κ2) is 3.78.